The molecule has 0 aliphatic heterocycles. The minimum Gasteiger partial charge on any atom is -0.477 e. The first kappa shape index (κ1) is 9.60. The molecule has 15 heavy (non-hydrogen) atoms. The summed E-state index contributed by atoms with van der Waals surface area (Å²) < 4.78 is 1.40. The molecule has 0 radical (unpaired) electrons. The highest BCUT2D eigenvalue weighted by molar-refractivity contribution is 6.28. The average molecular weight is 225 g/mol. The third-order valence-electron chi connectivity index (χ3n) is 1.64. The van der Waals surface area contributed by atoms with Crippen LogP contribution in [0.5, 0.6) is 0 Å². The van der Waals surface area contributed by atoms with Crippen molar-refractivity contribution in [2.75, 3.05) is 0 Å². The molecule has 0 saturated heterocycles. The van der Waals surface area contributed by atoms with Gasteiger partial charge >= 0.3 is 5.97 Å². The van der Waals surface area contributed by atoms with Crippen LogP contribution in [-0.2, 0) is 0 Å². The molecule has 0 unspecified atom stereocenters. The van der Waals surface area contributed by atoms with E-state index in [0.29, 0.717) is 5.82 Å². The number of halogens is 1. The van der Waals surface area contributed by atoms with Crippen LogP contribution in [0.25, 0.3) is 5.82 Å². The Labute approximate surface area is 89.2 Å². The number of rotatable bonds is 2. The highest BCUT2D eigenvalue weighted by atomic mass is 35.5. The topological polar surface area (TPSA) is 80.9 Å². The van der Waals surface area contributed by atoms with Gasteiger partial charge in [0.15, 0.2) is 11.5 Å². The third kappa shape index (κ3) is 1.94. The van der Waals surface area contributed by atoms with Crippen molar-refractivity contribution in [2.45, 2.75) is 0 Å². The first-order chi connectivity index (χ1) is 7.16. The fraction of sp³-hybridized carbons (Fsp3) is 0. The van der Waals surface area contributed by atoms with E-state index in [0.717, 1.165) is 0 Å². The van der Waals surface area contributed by atoms with Crippen molar-refractivity contribution in [1.29, 1.82) is 0 Å². The molecule has 2 aromatic rings. The van der Waals surface area contributed by atoms with Gasteiger partial charge in [-0.25, -0.2) is 14.5 Å². The predicted molar refractivity (Wildman–Crippen MR) is 51.1 cm³/mol. The van der Waals surface area contributed by atoms with E-state index in [9.17, 15) is 4.79 Å². The van der Waals surface area contributed by atoms with Gasteiger partial charge in [-0.2, -0.15) is 10.1 Å². The van der Waals surface area contributed by atoms with Gasteiger partial charge in [0.1, 0.15) is 0 Å². The summed E-state index contributed by atoms with van der Waals surface area (Å²) in [4.78, 5) is 18.1. The summed E-state index contributed by atoms with van der Waals surface area (Å²) >= 11 is 5.58. The second kappa shape index (κ2) is 3.66. The second-order valence-electron chi connectivity index (χ2n) is 2.64. The van der Waals surface area contributed by atoms with Gasteiger partial charge in [0.25, 0.3) is 0 Å². The maximum Gasteiger partial charge on any atom is 0.354 e. The lowest BCUT2D eigenvalue weighted by Gasteiger charge is -2.01. The SMILES string of the molecule is O=C(O)c1cc(-n2cccn2)nc(Cl)n1. The Morgan fingerprint density at radius 3 is 2.87 bits per heavy atom. The average Bonchev–Trinajstić information content (AvgIpc) is 2.69. The fourth-order valence-electron chi connectivity index (χ4n) is 1.04. The van der Waals surface area contributed by atoms with Crippen molar-refractivity contribution in [2.24, 2.45) is 0 Å². The van der Waals surface area contributed by atoms with Gasteiger partial charge in [0, 0.05) is 18.5 Å². The number of aromatic nitrogens is 4. The van der Waals surface area contributed by atoms with Gasteiger partial charge in [0.05, 0.1) is 0 Å². The molecule has 0 fully saturated rings. The molecule has 0 aliphatic rings. The molecule has 0 saturated carbocycles. The van der Waals surface area contributed by atoms with E-state index in [1.165, 1.54) is 10.7 Å². The largest absolute Gasteiger partial charge is 0.477 e. The maximum atomic E-state index is 10.7. The van der Waals surface area contributed by atoms with E-state index in [4.69, 9.17) is 16.7 Å². The number of hydrogen-bond acceptors (Lipinski definition) is 4. The van der Waals surface area contributed by atoms with Crippen LogP contribution >= 0.6 is 11.6 Å². The maximum absolute atomic E-state index is 10.7. The minimum atomic E-state index is -1.16. The monoisotopic (exact) mass is 224 g/mol. The summed E-state index contributed by atoms with van der Waals surface area (Å²) in [7, 11) is 0. The Morgan fingerprint density at radius 1 is 1.47 bits per heavy atom. The van der Waals surface area contributed by atoms with E-state index >= 15 is 0 Å². The smallest absolute Gasteiger partial charge is 0.354 e. The van der Waals surface area contributed by atoms with Gasteiger partial charge in [-0.15, -0.1) is 0 Å². The second-order valence-corrected chi connectivity index (χ2v) is 2.97. The van der Waals surface area contributed by atoms with Crippen molar-refractivity contribution in [3.05, 3.63) is 35.5 Å². The molecule has 0 atom stereocenters. The first-order valence-corrected chi connectivity index (χ1v) is 4.32. The van der Waals surface area contributed by atoms with Crippen LogP contribution in [0, 0.1) is 0 Å². The van der Waals surface area contributed by atoms with Crippen LogP contribution in [0.2, 0.25) is 5.28 Å². The van der Waals surface area contributed by atoms with E-state index in [-0.39, 0.29) is 11.0 Å². The third-order valence-corrected chi connectivity index (χ3v) is 1.81. The van der Waals surface area contributed by atoms with Gasteiger partial charge in [-0.3, -0.25) is 0 Å². The Hall–Kier alpha value is -1.95. The number of carbonyl (C=O) groups is 1. The number of carboxylic acid groups (broad SMARTS) is 1. The van der Waals surface area contributed by atoms with Crippen LogP contribution in [0.3, 0.4) is 0 Å². The van der Waals surface area contributed by atoms with Crippen LogP contribution in [0.15, 0.2) is 24.5 Å². The number of carboxylic acids is 1. The standard InChI is InChI=1S/C8H5ClN4O2/c9-8-11-5(7(14)15)4-6(12-8)13-3-1-2-10-13/h1-4H,(H,14,15). The van der Waals surface area contributed by atoms with Crippen LogP contribution in [0.1, 0.15) is 10.5 Å². The summed E-state index contributed by atoms with van der Waals surface area (Å²) in [5.41, 5.74) is -0.166. The Morgan fingerprint density at radius 2 is 2.27 bits per heavy atom. The van der Waals surface area contributed by atoms with Crippen LogP contribution < -0.4 is 0 Å². The van der Waals surface area contributed by atoms with Crippen molar-refractivity contribution < 1.29 is 9.90 Å². The summed E-state index contributed by atoms with van der Waals surface area (Å²) in [6, 6.07) is 2.98. The summed E-state index contributed by atoms with van der Waals surface area (Å²) in [6.45, 7) is 0. The van der Waals surface area contributed by atoms with Gasteiger partial charge < -0.3 is 5.11 Å². The lowest BCUT2D eigenvalue weighted by molar-refractivity contribution is 0.0690. The molecular weight excluding hydrogens is 220 g/mol. The van der Waals surface area contributed by atoms with E-state index in [2.05, 4.69) is 15.1 Å². The summed E-state index contributed by atoms with van der Waals surface area (Å²) in [6.07, 6.45) is 3.18. The van der Waals surface area contributed by atoms with E-state index in [1.54, 1.807) is 18.5 Å². The minimum absolute atomic E-state index is 0.125. The molecule has 0 bridgehead atoms. The molecule has 0 aromatic carbocycles. The molecule has 2 heterocycles. The summed E-state index contributed by atoms with van der Waals surface area (Å²) in [5.74, 6) is -0.842. The fourth-order valence-corrected chi connectivity index (χ4v) is 1.21. The van der Waals surface area contributed by atoms with Crippen molar-refractivity contribution >= 4 is 17.6 Å². The zero-order valence-electron chi connectivity index (χ0n) is 7.33. The molecule has 0 spiro atoms. The lowest BCUT2D eigenvalue weighted by Crippen LogP contribution is -2.06. The molecule has 2 rings (SSSR count). The molecule has 6 nitrogen and oxygen atoms in total. The first-order valence-electron chi connectivity index (χ1n) is 3.95. The molecule has 76 valence electrons. The van der Waals surface area contributed by atoms with E-state index < -0.39 is 5.97 Å². The van der Waals surface area contributed by atoms with Gasteiger partial charge in [-0.1, -0.05) is 0 Å². The summed E-state index contributed by atoms with van der Waals surface area (Å²) in [5, 5.41) is 12.5. The zero-order valence-corrected chi connectivity index (χ0v) is 8.09. The highest BCUT2D eigenvalue weighted by Crippen LogP contribution is 2.09. The Kier molecular flexibility index (Phi) is 2.34. The number of aromatic carboxylic acids is 1. The quantitative estimate of drug-likeness (QED) is 0.770. The Balaban J connectivity index is 2.54. The van der Waals surface area contributed by atoms with Crippen molar-refractivity contribution in [3.63, 3.8) is 0 Å². The van der Waals surface area contributed by atoms with Crippen molar-refractivity contribution in [3.8, 4) is 5.82 Å². The predicted octanol–water partition coefficient (Wildman–Crippen LogP) is 1.01. The highest BCUT2D eigenvalue weighted by Gasteiger charge is 2.10. The van der Waals surface area contributed by atoms with Gasteiger partial charge in [-0.05, 0) is 17.7 Å². The number of nitrogens with zero attached hydrogens (tertiary/aromatic N) is 4. The molecular formula is C8H5ClN4O2. The normalized spacial score (nSPS) is 10.2. The molecule has 0 aliphatic carbocycles. The molecule has 2 aromatic heterocycles. The van der Waals surface area contributed by atoms with Crippen molar-refractivity contribution in [1.82, 2.24) is 19.7 Å². The Bertz CT molecular complexity index is 497. The lowest BCUT2D eigenvalue weighted by atomic mass is 10.4. The van der Waals surface area contributed by atoms with E-state index in [1.807, 2.05) is 0 Å². The molecule has 1 N–H and O–H groups in total. The van der Waals surface area contributed by atoms with Crippen LogP contribution in [-0.4, -0.2) is 30.8 Å². The van der Waals surface area contributed by atoms with Gasteiger partial charge in [0.2, 0.25) is 5.28 Å². The molecule has 0 amide bonds. The van der Waals surface area contributed by atoms with Crippen LogP contribution in [0.4, 0.5) is 0 Å². The molecule has 7 heteroatoms. The zero-order chi connectivity index (χ0) is 10.8. The number of hydrogen-bond donors (Lipinski definition) is 1.